The van der Waals surface area contributed by atoms with E-state index in [2.05, 4.69) is 37.0 Å². The molecular weight excluding hydrogens is 429 g/mol. The number of halogens is 1. The van der Waals surface area contributed by atoms with Gasteiger partial charge in [0.05, 0.1) is 13.7 Å². The van der Waals surface area contributed by atoms with Crippen molar-refractivity contribution in [1.82, 2.24) is 10.2 Å². The molecule has 0 bridgehead atoms. The highest BCUT2D eigenvalue weighted by Gasteiger charge is 2.07. The van der Waals surface area contributed by atoms with Gasteiger partial charge in [0.25, 0.3) is 0 Å². The second kappa shape index (κ2) is 13.6. The maximum atomic E-state index is 5.54. The zero-order valence-electron chi connectivity index (χ0n) is 15.7. The number of aliphatic imine (C=N–C) groups is 1. The highest BCUT2D eigenvalue weighted by atomic mass is 127. The van der Waals surface area contributed by atoms with E-state index in [-0.39, 0.29) is 30.6 Å². The van der Waals surface area contributed by atoms with Gasteiger partial charge in [-0.3, -0.25) is 0 Å². The average Bonchev–Trinajstić information content (AvgIpc) is 2.61. The van der Waals surface area contributed by atoms with Crippen molar-refractivity contribution in [3.05, 3.63) is 23.8 Å². The van der Waals surface area contributed by atoms with E-state index in [0.29, 0.717) is 18.0 Å². The van der Waals surface area contributed by atoms with Crippen molar-refractivity contribution in [3.63, 3.8) is 0 Å². The molecule has 0 radical (unpaired) electrons. The number of terminal acetylenes is 1. The SMILES string of the molecule is C#CCOc1cc(CN=C(NCC)N(C)CCCC)ccc1OC.I. The van der Waals surface area contributed by atoms with Crippen LogP contribution in [0.1, 0.15) is 32.3 Å². The minimum atomic E-state index is 0. The summed E-state index contributed by atoms with van der Waals surface area (Å²) >= 11 is 0. The molecule has 0 saturated heterocycles. The van der Waals surface area contributed by atoms with Crippen LogP contribution in [0.4, 0.5) is 0 Å². The Labute approximate surface area is 169 Å². The van der Waals surface area contributed by atoms with Gasteiger partial charge in [0, 0.05) is 20.1 Å². The van der Waals surface area contributed by atoms with Gasteiger partial charge in [-0.15, -0.1) is 30.4 Å². The second-order valence-electron chi connectivity index (χ2n) is 5.42. The molecule has 0 spiro atoms. The Hall–Kier alpha value is -1.62. The standard InChI is InChI=1S/C19H29N3O2.HI/c1-6-9-12-22(4)19(20-8-3)21-15-16-10-11-17(23-5)18(14-16)24-13-7-2;/h2,10-11,14H,6,8-9,12-13,15H2,1,3-5H3,(H,20,21);1H. The van der Waals surface area contributed by atoms with Crippen molar-refractivity contribution >= 4 is 29.9 Å². The van der Waals surface area contributed by atoms with Gasteiger partial charge in [-0.25, -0.2) is 4.99 Å². The number of nitrogens with one attached hydrogen (secondary N) is 1. The Bertz CT molecular complexity index is 570. The number of unbranched alkanes of at least 4 members (excludes halogenated alkanes) is 1. The Morgan fingerprint density at radius 2 is 2.08 bits per heavy atom. The first kappa shape index (κ1) is 23.4. The van der Waals surface area contributed by atoms with Gasteiger partial charge >= 0.3 is 0 Å². The molecule has 0 aromatic heterocycles. The molecule has 1 aromatic carbocycles. The molecule has 1 rings (SSSR count). The molecule has 0 fully saturated rings. The van der Waals surface area contributed by atoms with Gasteiger partial charge in [-0.1, -0.05) is 25.3 Å². The average molecular weight is 459 g/mol. The summed E-state index contributed by atoms with van der Waals surface area (Å²) in [5.41, 5.74) is 1.04. The maximum Gasteiger partial charge on any atom is 0.193 e. The van der Waals surface area contributed by atoms with Crippen LogP contribution in [0.15, 0.2) is 23.2 Å². The molecule has 25 heavy (non-hydrogen) atoms. The van der Waals surface area contributed by atoms with Gasteiger partial charge in [0.2, 0.25) is 0 Å². The van der Waals surface area contributed by atoms with E-state index in [1.165, 1.54) is 0 Å². The smallest absolute Gasteiger partial charge is 0.193 e. The highest BCUT2D eigenvalue weighted by Crippen LogP contribution is 2.28. The summed E-state index contributed by atoms with van der Waals surface area (Å²) in [4.78, 5) is 6.87. The van der Waals surface area contributed by atoms with Crippen LogP contribution < -0.4 is 14.8 Å². The van der Waals surface area contributed by atoms with Crippen LogP contribution in [-0.2, 0) is 6.54 Å². The lowest BCUT2D eigenvalue weighted by molar-refractivity contribution is 0.330. The second-order valence-corrected chi connectivity index (χ2v) is 5.42. The van der Waals surface area contributed by atoms with Crippen molar-refractivity contribution in [2.45, 2.75) is 33.2 Å². The van der Waals surface area contributed by atoms with E-state index in [0.717, 1.165) is 37.5 Å². The summed E-state index contributed by atoms with van der Waals surface area (Å²) in [7, 11) is 3.68. The molecule has 0 saturated carbocycles. The van der Waals surface area contributed by atoms with Crippen LogP contribution in [0.2, 0.25) is 0 Å². The predicted molar refractivity (Wildman–Crippen MR) is 115 cm³/mol. The summed E-state index contributed by atoms with van der Waals surface area (Å²) in [6, 6.07) is 5.79. The summed E-state index contributed by atoms with van der Waals surface area (Å²) in [5.74, 6) is 4.69. The molecule has 1 aromatic rings. The largest absolute Gasteiger partial charge is 0.493 e. The molecule has 5 nitrogen and oxygen atoms in total. The fraction of sp³-hybridized carbons (Fsp3) is 0.526. The Balaban J connectivity index is 0.00000576. The molecule has 0 atom stereocenters. The number of benzene rings is 1. The number of rotatable bonds is 9. The van der Waals surface area contributed by atoms with Crippen LogP contribution in [0, 0.1) is 12.3 Å². The summed E-state index contributed by atoms with van der Waals surface area (Å²) in [6.07, 6.45) is 7.57. The van der Waals surface area contributed by atoms with Crippen molar-refractivity contribution in [2.24, 2.45) is 4.99 Å². The monoisotopic (exact) mass is 459 g/mol. The lowest BCUT2D eigenvalue weighted by Crippen LogP contribution is -2.39. The molecule has 0 aliphatic rings. The van der Waals surface area contributed by atoms with Crippen LogP contribution in [0.5, 0.6) is 11.5 Å². The maximum absolute atomic E-state index is 5.54. The first-order valence-corrected chi connectivity index (χ1v) is 8.38. The molecule has 0 aliphatic carbocycles. The van der Waals surface area contributed by atoms with Gasteiger partial charge in [0.15, 0.2) is 17.5 Å². The molecule has 1 N–H and O–H groups in total. The molecule has 0 amide bonds. The fourth-order valence-electron chi connectivity index (χ4n) is 2.19. The van der Waals surface area contributed by atoms with Crippen molar-refractivity contribution in [3.8, 4) is 23.8 Å². The van der Waals surface area contributed by atoms with Crippen molar-refractivity contribution in [1.29, 1.82) is 0 Å². The van der Waals surface area contributed by atoms with E-state index < -0.39 is 0 Å². The van der Waals surface area contributed by atoms with Crippen LogP contribution in [0.25, 0.3) is 0 Å². The third kappa shape index (κ3) is 8.34. The summed E-state index contributed by atoms with van der Waals surface area (Å²) < 4.78 is 10.8. The lowest BCUT2D eigenvalue weighted by atomic mass is 10.2. The highest BCUT2D eigenvalue weighted by molar-refractivity contribution is 14.0. The third-order valence-electron chi connectivity index (χ3n) is 3.49. The molecule has 0 heterocycles. The molecule has 0 unspecified atom stereocenters. The molecule has 0 aliphatic heterocycles. The van der Waals surface area contributed by atoms with E-state index in [1.54, 1.807) is 7.11 Å². The first-order valence-electron chi connectivity index (χ1n) is 8.38. The van der Waals surface area contributed by atoms with E-state index in [4.69, 9.17) is 20.9 Å². The lowest BCUT2D eigenvalue weighted by Gasteiger charge is -2.21. The van der Waals surface area contributed by atoms with Crippen LogP contribution in [0.3, 0.4) is 0 Å². The van der Waals surface area contributed by atoms with Gasteiger partial charge in [0.1, 0.15) is 6.61 Å². The fourth-order valence-corrected chi connectivity index (χ4v) is 2.19. The minimum Gasteiger partial charge on any atom is -0.493 e. The molecule has 140 valence electrons. The Kier molecular flexibility index (Phi) is 12.8. The number of ether oxygens (including phenoxy) is 2. The number of nitrogens with zero attached hydrogens (tertiary/aromatic N) is 2. The number of guanidine groups is 1. The van der Waals surface area contributed by atoms with E-state index in [1.807, 2.05) is 18.2 Å². The van der Waals surface area contributed by atoms with Crippen molar-refractivity contribution < 1.29 is 9.47 Å². The Morgan fingerprint density at radius 3 is 2.68 bits per heavy atom. The third-order valence-corrected chi connectivity index (χ3v) is 3.49. The molecule has 6 heteroatoms. The van der Waals surface area contributed by atoms with E-state index in [9.17, 15) is 0 Å². The van der Waals surface area contributed by atoms with Crippen molar-refractivity contribution in [2.75, 3.05) is 33.9 Å². The van der Waals surface area contributed by atoms with Gasteiger partial charge in [-0.2, -0.15) is 0 Å². The number of hydrogen-bond donors (Lipinski definition) is 1. The zero-order valence-corrected chi connectivity index (χ0v) is 18.0. The Morgan fingerprint density at radius 1 is 1.32 bits per heavy atom. The van der Waals surface area contributed by atoms with E-state index >= 15 is 0 Å². The summed E-state index contributed by atoms with van der Waals surface area (Å²) in [5, 5.41) is 3.33. The number of methoxy groups -OCH3 is 1. The summed E-state index contributed by atoms with van der Waals surface area (Å²) in [6.45, 7) is 6.87. The predicted octanol–water partition coefficient (Wildman–Crippen LogP) is 3.52. The normalized spacial score (nSPS) is 10.4. The van der Waals surface area contributed by atoms with Gasteiger partial charge < -0.3 is 19.7 Å². The van der Waals surface area contributed by atoms with Gasteiger partial charge in [-0.05, 0) is 31.0 Å². The minimum absolute atomic E-state index is 0. The van der Waals surface area contributed by atoms with Crippen LogP contribution in [-0.4, -0.2) is 44.7 Å². The zero-order chi connectivity index (χ0) is 17.8. The first-order chi connectivity index (χ1) is 11.7. The van der Waals surface area contributed by atoms with Crippen LogP contribution >= 0.6 is 24.0 Å². The molecular formula is C19H30IN3O2. The number of hydrogen-bond acceptors (Lipinski definition) is 3. The quantitative estimate of drug-likeness (QED) is 0.266. The topological polar surface area (TPSA) is 46.1 Å².